The predicted octanol–water partition coefficient (Wildman–Crippen LogP) is 4.01. The van der Waals surface area contributed by atoms with E-state index >= 15 is 0 Å². The number of hydrogen-bond acceptors (Lipinski definition) is 1. The van der Waals surface area contributed by atoms with Crippen LogP contribution in [0.25, 0.3) is 0 Å². The van der Waals surface area contributed by atoms with Crippen LogP contribution in [0, 0.1) is 29.1 Å². The Hall–Kier alpha value is -0.850. The maximum atomic E-state index is 11.6. The van der Waals surface area contributed by atoms with Crippen LogP contribution in [-0.2, 0) is 4.79 Å². The second kappa shape index (κ2) is 4.80. The monoisotopic (exact) mass is 232 g/mol. The van der Waals surface area contributed by atoms with Crippen molar-refractivity contribution in [2.75, 3.05) is 0 Å². The van der Waals surface area contributed by atoms with Gasteiger partial charge in [-0.2, -0.15) is 0 Å². The fraction of sp³-hybridized carbons (Fsp3) is 0.688. The van der Waals surface area contributed by atoms with Crippen LogP contribution in [0.2, 0.25) is 0 Å². The molecule has 0 aromatic rings. The van der Waals surface area contributed by atoms with Crippen molar-refractivity contribution in [2.45, 2.75) is 40.0 Å². The first-order valence-corrected chi connectivity index (χ1v) is 6.89. The van der Waals surface area contributed by atoms with Crippen molar-refractivity contribution in [1.29, 1.82) is 0 Å². The van der Waals surface area contributed by atoms with Gasteiger partial charge in [0.05, 0.1) is 0 Å². The molecule has 0 bridgehead atoms. The minimum atomic E-state index is -0.188. The molecule has 0 N–H and O–H groups in total. The quantitative estimate of drug-likeness (QED) is 0.519. The molecule has 0 heterocycles. The molecule has 94 valence electrons. The van der Waals surface area contributed by atoms with Gasteiger partial charge in [0, 0.05) is 11.3 Å². The molecule has 2 aliphatic carbocycles. The van der Waals surface area contributed by atoms with E-state index in [4.69, 9.17) is 0 Å². The molecule has 0 spiro atoms. The van der Waals surface area contributed by atoms with Crippen molar-refractivity contribution in [3.05, 3.63) is 24.3 Å². The van der Waals surface area contributed by atoms with E-state index in [9.17, 15) is 4.79 Å². The minimum Gasteiger partial charge on any atom is -0.303 e. The zero-order valence-electron chi connectivity index (χ0n) is 11.2. The van der Waals surface area contributed by atoms with Crippen LogP contribution in [0.5, 0.6) is 0 Å². The number of carbonyl (C=O) groups excluding carboxylic acids is 1. The fourth-order valence-corrected chi connectivity index (χ4v) is 3.77. The molecule has 5 atom stereocenters. The molecule has 0 amide bonds. The first-order chi connectivity index (χ1) is 8.11. The number of hydrogen-bond donors (Lipinski definition) is 0. The van der Waals surface area contributed by atoms with Gasteiger partial charge in [0.2, 0.25) is 0 Å². The second-order valence-corrected chi connectivity index (χ2v) is 6.11. The maximum absolute atomic E-state index is 11.6. The van der Waals surface area contributed by atoms with E-state index in [0.29, 0.717) is 17.8 Å². The van der Waals surface area contributed by atoms with Crippen molar-refractivity contribution in [3.8, 4) is 0 Å². The molecule has 0 radical (unpaired) electrons. The van der Waals surface area contributed by atoms with Gasteiger partial charge in [0.25, 0.3) is 0 Å². The van der Waals surface area contributed by atoms with E-state index in [1.807, 2.05) is 6.92 Å². The lowest BCUT2D eigenvalue weighted by Crippen LogP contribution is -2.44. The van der Waals surface area contributed by atoms with Gasteiger partial charge in [-0.1, -0.05) is 44.6 Å². The lowest BCUT2D eigenvalue weighted by atomic mass is 9.56. The number of aldehydes is 1. The molecule has 2 aliphatic rings. The Bertz CT molecular complexity index is 341. The molecule has 0 aliphatic heterocycles. The largest absolute Gasteiger partial charge is 0.303 e. The highest BCUT2D eigenvalue weighted by atomic mass is 16.1. The smallest absolute Gasteiger partial charge is 0.127 e. The lowest BCUT2D eigenvalue weighted by Gasteiger charge is -2.47. The first-order valence-electron chi connectivity index (χ1n) is 6.89. The number of rotatable bonds is 2. The van der Waals surface area contributed by atoms with Crippen molar-refractivity contribution in [1.82, 2.24) is 0 Å². The normalized spacial score (nSPS) is 45.8. The third-order valence-electron chi connectivity index (χ3n) is 4.90. The van der Waals surface area contributed by atoms with Gasteiger partial charge in [-0.05, 0) is 37.5 Å². The van der Waals surface area contributed by atoms with Crippen LogP contribution in [-0.4, -0.2) is 6.29 Å². The molecule has 0 aromatic heterocycles. The lowest BCUT2D eigenvalue weighted by molar-refractivity contribution is -0.122. The van der Waals surface area contributed by atoms with E-state index < -0.39 is 0 Å². The highest BCUT2D eigenvalue weighted by Crippen LogP contribution is 2.51. The molecule has 0 saturated heterocycles. The van der Waals surface area contributed by atoms with E-state index in [2.05, 4.69) is 38.2 Å². The third kappa shape index (κ3) is 2.12. The van der Waals surface area contributed by atoms with Crippen molar-refractivity contribution < 1.29 is 4.79 Å². The molecule has 1 heteroatoms. The number of fused-ring (bicyclic) bond motifs is 1. The van der Waals surface area contributed by atoms with Crippen LogP contribution < -0.4 is 0 Å². The average Bonchev–Trinajstić information content (AvgIpc) is 2.33. The van der Waals surface area contributed by atoms with E-state index in [1.54, 1.807) is 0 Å². The van der Waals surface area contributed by atoms with Crippen LogP contribution in [0.15, 0.2) is 24.3 Å². The summed E-state index contributed by atoms with van der Waals surface area (Å²) in [5, 5.41) is 0. The fourth-order valence-electron chi connectivity index (χ4n) is 3.77. The van der Waals surface area contributed by atoms with Crippen LogP contribution in [0.4, 0.5) is 0 Å². The van der Waals surface area contributed by atoms with E-state index in [0.717, 1.165) is 5.92 Å². The average molecular weight is 232 g/mol. The van der Waals surface area contributed by atoms with Crippen LogP contribution >= 0.6 is 0 Å². The van der Waals surface area contributed by atoms with Crippen LogP contribution in [0.3, 0.4) is 0 Å². The van der Waals surface area contributed by atoms with Gasteiger partial charge in [0.15, 0.2) is 0 Å². The minimum absolute atomic E-state index is 0.188. The Morgan fingerprint density at radius 3 is 2.71 bits per heavy atom. The topological polar surface area (TPSA) is 17.1 Å². The third-order valence-corrected chi connectivity index (χ3v) is 4.90. The SMILES string of the molecule is C/C=C\[C@@H]1C=C[C@@H]2C[C@H](C)CC[C@H]2[C@]1(C)C=O. The second-order valence-electron chi connectivity index (χ2n) is 6.11. The summed E-state index contributed by atoms with van der Waals surface area (Å²) in [5.41, 5.74) is -0.188. The zero-order valence-corrected chi connectivity index (χ0v) is 11.2. The standard InChI is InChI=1S/C16H24O/c1-4-5-14-8-7-13-10-12(2)6-9-15(13)16(14,3)11-17/h4-5,7-8,11-15H,6,9-10H2,1-3H3/b5-4-/t12-,13-,14-,15-,16-/m1/s1. The summed E-state index contributed by atoms with van der Waals surface area (Å²) < 4.78 is 0. The Morgan fingerprint density at radius 1 is 1.29 bits per heavy atom. The van der Waals surface area contributed by atoms with Gasteiger partial charge < -0.3 is 4.79 Å². The zero-order chi connectivity index (χ0) is 12.5. The molecule has 2 rings (SSSR count). The maximum Gasteiger partial charge on any atom is 0.127 e. The van der Waals surface area contributed by atoms with E-state index in [1.165, 1.54) is 25.5 Å². The summed E-state index contributed by atoms with van der Waals surface area (Å²) >= 11 is 0. The summed E-state index contributed by atoms with van der Waals surface area (Å²) in [5.74, 6) is 2.27. The summed E-state index contributed by atoms with van der Waals surface area (Å²) in [7, 11) is 0. The first kappa shape index (κ1) is 12.6. The van der Waals surface area contributed by atoms with Crippen molar-refractivity contribution in [3.63, 3.8) is 0 Å². The number of allylic oxidation sites excluding steroid dienone is 4. The van der Waals surface area contributed by atoms with Gasteiger partial charge in [-0.15, -0.1) is 0 Å². The van der Waals surface area contributed by atoms with Crippen LogP contribution in [0.1, 0.15) is 40.0 Å². The molecule has 0 unspecified atom stereocenters. The molecule has 1 fully saturated rings. The van der Waals surface area contributed by atoms with Gasteiger partial charge in [-0.25, -0.2) is 0 Å². The molecule has 1 saturated carbocycles. The Balaban J connectivity index is 2.31. The molecule has 0 aromatic carbocycles. The van der Waals surface area contributed by atoms with Gasteiger partial charge in [-0.3, -0.25) is 0 Å². The summed E-state index contributed by atoms with van der Waals surface area (Å²) in [4.78, 5) is 11.6. The summed E-state index contributed by atoms with van der Waals surface area (Å²) in [6.45, 7) is 6.52. The highest BCUT2D eigenvalue weighted by molar-refractivity contribution is 5.62. The van der Waals surface area contributed by atoms with Gasteiger partial charge in [0.1, 0.15) is 6.29 Å². The summed E-state index contributed by atoms with van der Waals surface area (Å²) in [6.07, 6.45) is 13.8. The van der Waals surface area contributed by atoms with Crippen molar-refractivity contribution >= 4 is 6.29 Å². The highest BCUT2D eigenvalue weighted by Gasteiger charge is 2.46. The Kier molecular flexibility index (Phi) is 3.56. The molecule has 17 heavy (non-hydrogen) atoms. The van der Waals surface area contributed by atoms with Crippen molar-refractivity contribution in [2.24, 2.45) is 29.1 Å². The number of carbonyl (C=O) groups is 1. The molecular formula is C16H24O. The van der Waals surface area contributed by atoms with Gasteiger partial charge >= 0.3 is 0 Å². The predicted molar refractivity (Wildman–Crippen MR) is 71.6 cm³/mol. The molecular weight excluding hydrogens is 208 g/mol. The Morgan fingerprint density at radius 2 is 2.06 bits per heavy atom. The van der Waals surface area contributed by atoms with E-state index in [-0.39, 0.29) is 5.41 Å². The molecule has 1 nitrogen and oxygen atoms in total. The Labute approximate surface area is 105 Å². The summed E-state index contributed by atoms with van der Waals surface area (Å²) in [6, 6.07) is 0.